The Hall–Kier alpha value is -3.10. The highest BCUT2D eigenvalue weighted by Gasteiger charge is 2.31. The van der Waals surface area contributed by atoms with Gasteiger partial charge >= 0.3 is 5.97 Å². The van der Waals surface area contributed by atoms with E-state index in [0.717, 1.165) is 73.1 Å². The monoisotopic (exact) mass is 478 g/mol. The summed E-state index contributed by atoms with van der Waals surface area (Å²) in [6.45, 7) is 2.68. The van der Waals surface area contributed by atoms with Crippen LogP contribution in [0.3, 0.4) is 0 Å². The molecule has 4 rings (SSSR count). The number of benzene rings is 1. The Morgan fingerprint density at radius 3 is 2.83 bits per heavy atom. The predicted octanol–water partition coefficient (Wildman–Crippen LogP) is 3.89. The fourth-order valence-corrected chi connectivity index (χ4v) is 5.25. The molecule has 1 aliphatic heterocycles. The zero-order valence-electron chi connectivity index (χ0n) is 20.2. The van der Waals surface area contributed by atoms with Crippen LogP contribution < -0.4 is 4.74 Å². The van der Waals surface area contributed by atoms with Crippen molar-refractivity contribution in [3.05, 3.63) is 60.3 Å². The lowest BCUT2D eigenvalue weighted by Gasteiger charge is -2.38. The van der Waals surface area contributed by atoms with Crippen LogP contribution in [0.15, 0.2) is 49.2 Å². The number of hydrogen-bond donors (Lipinski definition) is 2. The Labute approximate surface area is 206 Å². The number of aromatic nitrogens is 3. The summed E-state index contributed by atoms with van der Waals surface area (Å²) in [6, 6.07) is 7.53. The van der Waals surface area contributed by atoms with E-state index >= 15 is 0 Å². The molecule has 0 saturated carbocycles. The highest BCUT2D eigenvalue weighted by Crippen LogP contribution is 2.34. The van der Waals surface area contributed by atoms with Crippen molar-refractivity contribution in [1.29, 1.82) is 0 Å². The summed E-state index contributed by atoms with van der Waals surface area (Å²) in [5.41, 5.74) is 2.78. The summed E-state index contributed by atoms with van der Waals surface area (Å²) < 4.78 is 5.35. The Bertz CT molecular complexity index is 1110. The molecule has 1 saturated heterocycles. The summed E-state index contributed by atoms with van der Waals surface area (Å²) in [5, 5.41) is 21.5. The number of piperidine rings is 1. The van der Waals surface area contributed by atoms with Crippen LogP contribution in [0, 0.1) is 11.8 Å². The second kappa shape index (κ2) is 12.0. The number of carbonyl (C=O) groups is 1. The van der Waals surface area contributed by atoms with Crippen molar-refractivity contribution in [2.45, 2.75) is 44.6 Å². The molecular weight excluding hydrogens is 444 g/mol. The SMILES string of the molecule is COc1ccc2nccc(C(O)CC[C@@H]3CCN(CCCc4cncnc4)C[C@@H]3CC(=O)O)c2c1. The number of aliphatic carboxylic acids is 1. The molecule has 0 aliphatic carbocycles. The summed E-state index contributed by atoms with van der Waals surface area (Å²) in [6.07, 6.45) is 10.7. The zero-order valence-corrected chi connectivity index (χ0v) is 20.2. The van der Waals surface area contributed by atoms with Crippen LogP contribution in [0.5, 0.6) is 5.75 Å². The molecule has 2 N–H and O–H groups in total. The van der Waals surface area contributed by atoms with Gasteiger partial charge in [-0.3, -0.25) is 9.78 Å². The fourth-order valence-electron chi connectivity index (χ4n) is 5.25. The van der Waals surface area contributed by atoms with Gasteiger partial charge in [0.1, 0.15) is 12.1 Å². The van der Waals surface area contributed by atoms with E-state index < -0.39 is 12.1 Å². The smallest absolute Gasteiger partial charge is 0.303 e. The predicted molar refractivity (Wildman–Crippen MR) is 133 cm³/mol. The normalized spacial score (nSPS) is 19.5. The van der Waals surface area contributed by atoms with Gasteiger partial charge in [-0.15, -0.1) is 0 Å². The number of rotatable bonds is 11. The highest BCUT2D eigenvalue weighted by atomic mass is 16.5. The number of carboxylic acid groups (broad SMARTS) is 1. The third kappa shape index (κ3) is 6.74. The van der Waals surface area contributed by atoms with Gasteiger partial charge in [0.25, 0.3) is 0 Å². The number of ether oxygens (including phenoxy) is 1. The quantitative estimate of drug-likeness (QED) is 0.427. The number of aliphatic hydroxyl groups excluding tert-OH is 1. The first-order valence-corrected chi connectivity index (χ1v) is 12.3. The molecule has 8 heteroatoms. The number of carboxylic acids is 1. The number of pyridine rings is 1. The molecule has 0 amide bonds. The molecule has 0 radical (unpaired) electrons. The largest absolute Gasteiger partial charge is 0.497 e. The third-order valence-electron chi connectivity index (χ3n) is 7.12. The summed E-state index contributed by atoms with van der Waals surface area (Å²) in [4.78, 5) is 26.5. The van der Waals surface area contributed by atoms with Gasteiger partial charge in [0, 0.05) is 36.9 Å². The molecule has 3 aromatic rings. The molecule has 35 heavy (non-hydrogen) atoms. The van der Waals surface area contributed by atoms with Crippen LogP contribution in [0.25, 0.3) is 10.9 Å². The number of hydrogen-bond acceptors (Lipinski definition) is 7. The molecule has 1 aliphatic rings. The molecule has 0 bridgehead atoms. The number of nitrogens with zero attached hydrogens (tertiary/aromatic N) is 4. The lowest BCUT2D eigenvalue weighted by Crippen LogP contribution is -2.42. The Morgan fingerprint density at radius 2 is 2.06 bits per heavy atom. The van der Waals surface area contributed by atoms with Gasteiger partial charge in [-0.05, 0) is 92.4 Å². The van der Waals surface area contributed by atoms with Crippen molar-refractivity contribution in [3.8, 4) is 5.75 Å². The average Bonchev–Trinajstić information content (AvgIpc) is 2.87. The van der Waals surface area contributed by atoms with E-state index in [1.54, 1.807) is 13.3 Å². The maximum atomic E-state index is 11.6. The number of aliphatic hydroxyl groups is 1. The minimum atomic E-state index is -0.754. The minimum absolute atomic E-state index is 0.0859. The van der Waals surface area contributed by atoms with E-state index in [0.29, 0.717) is 6.42 Å². The molecule has 1 aromatic carbocycles. The molecule has 1 fully saturated rings. The Morgan fingerprint density at radius 1 is 1.23 bits per heavy atom. The first kappa shape index (κ1) is 25.0. The van der Waals surface area contributed by atoms with Gasteiger partial charge in [-0.1, -0.05) is 0 Å². The molecule has 8 nitrogen and oxygen atoms in total. The first-order valence-electron chi connectivity index (χ1n) is 12.3. The lowest BCUT2D eigenvalue weighted by atomic mass is 9.79. The second-order valence-corrected chi connectivity index (χ2v) is 9.43. The second-order valence-electron chi connectivity index (χ2n) is 9.43. The number of aryl methyl sites for hydroxylation is 1. The standard InChI is InChI=1S/C27H34N4O4/c1-35-22-5-6-25-24(14-22)23(8-10-30-25)26(32)7-4-20-9-12-31(17-21(20)13-27(33)34)11-2-3-19-15-28-18-29-16-19/h5-6,8,10,14-16,18,20-21,26,32H,2-4,7,9,11-13,17H2,1H3,(H,33,34)/t20-,21+,26?/m1/s1. The third-order valence-corrected chi connectivity index (χ3v) is 7.12. The van der Waals surface area contributed by atoms with Crippen LogP contribution >= 0.6 is 0 Å². The van der Waals surface area contributed by atoms with E-state index in [9.17, 15) is 15.0 Å². The van der Waals surface area contributed by atoms with Gasteiger partial charge in [0.15, 0.2) is 0 Å². The van der Waals surface area contributed by atoms with E-state index in [2.05, 4.69) is 19.9 Å². The molecule has 2 aromatic heterocycles. The van der Waals surface area contributed by atoms with E-state index in [1.807, 2.05) is 36.7 Å². The van der Waals surface area contributed by atoms with Crippen molar-refractivity contribution >= 4 is 16.9 Å². The summed E-state index contributed by atoms with van der Waals surface area (Å²) in [7, 11) is 1.62. The summed E-state index contributed by atoms with van der Waals surface area (Å²) in [5.74, 6) is 0.341. The van der Waals surface area contributed by atoms with Gasteiger partial charge in [-0.25, -0.2) is 9.97 Å². The fraction of sp³-hybridized carbons (Fsp3) is 0.481. The van der Waals surface area contributed by atoms with Crippen molar-refractivity contribution in [2.75, 3.05) is 26.7 Å². The maximum Gasteiger partial charge on any atom is 0.303 e. The van der Waals surface area contributed by atoms with E-state index in [1.165, 1.54) is 6.33 Å². The molecular formula is C27H34N4O4. The first-order chi connectivity index (χ1) is 17.0. The lowest BCUT2D eigenvalue weighted by molar-refractivity contribution is -0.139. The summed E-state index contributed by atoms with van der Waals surface area (Å²) >= 11 is 0. The van der Waals surface area contributed by atoms with Crippen LogP contribution in [-0.2, 0) is 11.2 Å². The van der Waals surface area contributed by atoms with E-state index in [-0.39, 0.29) is 18.3 Å². The van der Waals surface area contributed by atoms with Gasteiger partial charge in [-0.2, -0.15) is 0 Å². The molecule has 0 spiro atoms. The van der Waals surface area contributed by atoms with Crippen LogP contribution in [0.1, 0.15) is 49.3 Å². The highest BCUT2D eigenvalue weighted by molar-refractivity contribution is 5.83. The van der Waals surface area contributed by atoms with Crippen molar-refractivity contribution in [3.63, 3.8) is 0 Å². The van der Waals surface area contributed by atoms with Crippen molar-refractivity contribution in [1.82, 2.24) is 19.9 Å². The number of fused-ring (bicyclic) bond motifs is 1. The zero-order chi connectivity index (χ0) is 24.6. The van der Waals surface area contributed by atoms with Gasteiger partial charge in [0.05, 0.1) is 18.7 Å². The molecule has 3 atom stereocenters. The van der Waals surface area contributed by atoms with Crippen LogP contribution in [0.2, 0.25) is 0 Å². The van der Waals surface area contributed by atoms with Gasteiger partial charge in [0.2, 0.25) is 0 Å². The number of methoxy groups -OCH3 is 1. The maximum absolute atomic E-state index is 11.6. The van der Waals surface area contributed by atoms with Crippen molar-refractivity contribution in [2.24, 2.45) is 11.8 Å². The Balaban J connectivity index is 1.35. The van der Waals surface area contributed by atoms with Crippen LogP contribution in [0.4, 0.5) is 0 Å². The average molecular weight is 479 g/mol. The molecule has 1 unspecified atom stereocenters. The van der Waals surface area contributed by atoms with Crippen LogP contribution in [-0.4, -0.2) is 62.8 Å². The Kier molecular flexibility index (Phi) is 8.60. The molecule has 186 valence electrons. The van der Waals surface area contributed by atoms with E-state index in [4.69, 9.17) is 4.74 Å². The number of likely N-dealkylation sites (tertiary alicyclic amines) is 1. The topological polar surface area (TPSA) is 109 Å². The minimum Gasteiger partial charge on any atom is -0.497 e. The molecule has 3 heterocycles. The van der Waals surface area contributed by atoms with Gasteiger partial charge < -0.3 is 19.8 Å². The van der Waals surface area contributed by atoms with Crippen molar-refractivity contribution < 1.29 is 19.7 Å².